The van der Waals surface area contributed by atoms with Gasteiger partial charge in [-0.2, -0.15) is 10.2 Å². The molecule has 3 heterocycles. The molecule has 0 aliphatic carbocycles. The summed E-state index contributed by atoms with van der Waals surface area (Å²) in [5, 5.41) is 9.26. The van der Waals surface area contributed by atoms with Crippen molar-refractivity contribution in [1.82, 2.24) is 19.4 Å². The average Bonchev–Trinajstić information content (AvgIpc) is 3.13. The first kappa shape index (κ1) is 18.9. The molecule has 0 fully saturated rings. The van der Waals surface area contributed by atoms with Gasteiger partial charge in [0.05, 0.1) is 23.4 Å². The van der Waals surface area contributed by atoms with Gasteiger partial charge in [-0.05, 0) is 36.8 Å². The highest BCUT2D eigenvalue weighted by Crippen LogP contribution is 2.35. The molecule has 0 spiro atoms. The molecule has 0 atom stereocenters. The lowest BCUT2D eigenvalue weighted by molar-refractivity contribution is 0.306. The molecule has 6 heteroatoms. The number of hydrogen-bond acceptors (Lipinski definition) is 4. The summed E-state index contributed by atoms with van der Waals surface area (Å²) in [4.78, 5) is 11.8. The van der Waals surface area contributed by atoms with Gasteiger partial charge in [-0.25, -0.2) is 9.20 Å². The highest BCUT2D eigenvalue weighted by Gasteiger charge is 2.18. The number of rotatable bonds is 7. The van der Waals surface area contributed by atoms with Crippen molar-refractivity contribution in [2.45, 2.75) is 26.2 Å². The molecule has 0 radical (unpaired) electrons. The van der Waals surface area contributed by atoms with Crippen LogP contribution in [0.5, 0.6) is 5.75 Å². The van der Waals surface area contributed by atoms with E-state index in [0.29, 0.717) is 12.3 Å². The van der Waals surface area contributed by atoms with Gasteiger partial charge in [0.1, 0.15) is 11.4 Å². The smallest absolute Gasteiger partial charge is 0.266 e. The highest BCUT2D eigenvalue weighted by molar-refractivity contribution is 5.90. The standard InChI is InChI=1S/C23H24N4O2/c1-3-4-7-15-29-18-10-8-9-17(16-18)23-22(19-12-13-21(28)26(2)24-19)20-11-5-6-14-27(20)25-23/h5-6,8-14,16H,3-4,7,15H2,1-2H3. The van der Waals surface area contributed by atoms with Gasteiger partial charge in [0, 0.05) is 24.9 Å². The Balaban J connectivity index is 1.80. The molecule has 0 unspecified atom stereocenters. The number of pyridine rings is 1. The second kappa shape index (κ2) is 8.31. The minimum absolute atomic E-state index is 0.144. The van der Waals surface area contributed by atoms with Crippen molar-refractivity contribution >= 4 is 5.52 Å². The Morgan fingerprint density at radius 1 is 1.00 bits per heavy atom. The Morgan fingerprint density at radius 2 is 1.90 bits per heavy atom. The molecule has 0 saturated carbocycles. The predicted molar refractivity (Wildman–Crippen MR) is 114 cm³/mol. The van der Waals surface area contributed by atoms with Crippen molar-refractivity contribution in [3.05, 3.63) is 71.1 Å². The minimum Gasteiger partial charge on any atom is -0.494 e. The molecule has 0 bridgehead atoms. The topological polar surface area (TPSA) is 61.4 Å². The molecular weight excluding hydrogens is 364 g/mol. The van der Waals surface area contributed by atoms with Crippen LogP contribution in [-0.2, 0) is 7.05 Å². The van der Waals surface area contributed by atoms with Crippen LogP contribution in [0.15, 0.2) is 65.6 Å². The summed E-state index contributed by atoms with van der Waals surface area (Å²) in [6, 6.07) is 17.2. The fourth-order valence-corrected chi connectivity index (χ4v) is 3.36. The zero-order chi connectivity index (χ0) is 20.2. The van der Waals surface area contributed by atoms with E-state index < -0.39 is 0 Å². The first-order valence-corrected chi connectivity index (χ1v) is 9.92. The molecule has 4 aromatic rings. The maximum atomic E-state index is 11.8. The van der Waals surface area contributed by atoms with E-state index in [1.54, 1.807) is 13.1 Å². The second-order valence-corrected chi connectivity index (χ2v) is 7.02. The van der Waals surface area contributed by atoms with E-state index in [4.69, 9.17) is 9.84 Å². The van der Waals surface area contributed by atoms with Gasteiger partial charge in [0.25, 0.3) is 5.56 Å². The Kier molecular flexibility index (Phi) is 5.42. The molecule has 1 aromatic carbocycles. The number of hydrogen-bond donors (Lipinski definition) is 0. The third kappa shape index (κ3) is 3.92. The number of ether oxygens (including phenoxy) is 1. The van der Waals surface area contributed by atoms with E-state index in [1.165, 1.54) is 17.2 Å². The molecule has 3 aromatic heterocycles. The lowest BCUT2D eigenvalue weighted by atomic mass is 10.0. The van der Waals surface area contributed by atoms with Crippen LogP contribution < -0.4 is 10.3 Å². The van der Waals surface area contributed by atoms with Crippen molar-refractivity contribution in [2.75, 3.05) is 6.61 Å². The van der Waals surface area contributed by atoms with Crippen molar-refractivity contribution in [3.63, 3.8) is 0 Å². The van der Waals surface area contributed by atoms with Crippen LogP contribution in [0.3, 0.4) is 0 Å². The lowest BCUT2D eigenvalue weighted by Crippen LogP contribution is -2.18. The number of aromatic nitrogens is 4. The first-order chi connectivity index (χ1) is 14.2. The Bertz CT molecular complexity index is 1190. The van der Waals surface area contributed by atoms with Crippen LogP contribution in [-0.4, -0.2) is 26.0 Å². The van der Waals surface area contributed by atoms with Gasteiger partial charge in [-0.3, -0.25) is 4.79 Å². The molecule has 0 aliphatic rings. The molecule has 29 heavy (non-hydrogen) atoms. The third-order valence-electron chi connectivity index (χ3n) is 4.88. The maximum absolute atomic E-state index is 11.8. The first-order valence-electron chi connectivity index (χ1n) is 9.92. The fourth-order valence-electron chi connectivity index (χ4n) is 3.36. The molecule has 4 rings (SSSR count). The SMILES string of the molecule is CCCCCOc1cccc(-c2nn3ccccc3c2-c2ccc(=O)n(C)n2)c1. The number of nitrogens with zero attached hydrogens (tertiary/aromatic N) is 4. The van der Waals surface area contributed by atoms with Crippen molar-refractivity contribution in [1.29, 1.82) is 0 Å². The van der Waals surface area contributed by atoms with Crippen LogP contribution in [0.4, 0.5) is 0 Å². The quantitative estimate of drug-likeness (QED) is 0.442. The number of fused-ring (bicyclic) bond motifs is 1. The minimum atomic E-state index is -0.144. The van der Waals surface area contributed by atoms with Crippen LogP contribution in [0, 0.1) is 0 Å². The van der Waals surface area contributed by atoms with E-state index >= 15 is 0 Å². The predicted octanol–water partition coefficient (Wildman–Crippen LogP) is 4.33. The lowest BCUT2D eigenvalue weighted by Gasteiger charge is -2.08. The van der Waals surface area contributed by atoms with Crippen molar-refractivity contribution < 1.29 is 4.74 Å². The zero-order valence-electron chi connectivity index (χ0n) is 16.7. The molecule has 0 N–H and O–H groups in total. The fraction of sp³-hybridized carbons (Fsp3) is 0.261. The van der Waals surface area contributed by atoms with E-state index in [-0.39, 0.29) is 5.56 Å². The summed E-state index contributed by atoms with van der Waals surface area (Å²) < 4.78 is 9.11. The van der Waals surface area contributed by atoms with E-state index in [2.05, 4.69) is 12.0 Å². The van der Waals surface area contributed by atoms with Crippen molar-refractivity contribution in [2.24, 2.45) is 7.05 Å². The molecular formula is C23H24N4O2. The Hall–Kier alpha value is -3.41. The molecule has 0 saturated heterocycles. The highest BCUT2D eigenvalue weighted by atomic mass is 16.5. The summed E-state index contributed by atoms with van der Waals surface area (Å²) in [6.07, 6.45) is 5.28. The van der Waals surface area contributed by atoms with Gasteiger partial charge >= 0.3 is 0 Å². The monoisotopic (exact) mass is 388 g/mol. The maximum Gasteiger partial charge on any atom is 0.266 e. The van der Waals surface area contributed by atoms with Gasteiger partial charge in [0.15, 0.2) is 0 Å². The van der Waals surface area contributed by atoms with Gasteiger partial charge in [0.2, 0.25) is 0 Å². The van der Waals surface area contributed by atoms with Crippen molar-refractivity contribution in [3.8, 4) is 28.3 Å². The van der Waals surface area contributed by atoms with Crippen LogP contribution in [0.25, 0.3) is 28.0 Å². The third-order valence-corrected chi connectivity index (χ3v) is 4.88. The van der Waals surface area contributed by atoms with Crippen LogP contribution in [0.2, 0.25) is 0 Å². The van der Waals surface area contributed by atoms with Crippen LogP contribution >= 0.6 is 0 Å². The van der Waals surface area contributed by atoms with E-state index in [9.17, 15) is 4.79 Å². The summed E-state index contributed by atoms with van der Waals surface area (Å²) >= 11 is 0. The van der Waals surface area contributed by atoms with Gasteiger partial charge in [-0.1, -0.05) is 38.0 Å². The average molecular weight is 388 g/mol. The number of benzene rings is 1. The van der Waals surface area contributed by atoms with Gasteiger partial charge < -0.3 is 4.74 Å². The summed E-state index contributed by atoms with van der Waals surface area (Å²) in [5.41, 5.74) is 4.15. The summed E-state index contributed by atoms with van der Waals surface area (Å²) in [5.74, 6) is 0.829. The molecule has 148 valence electrons. The Morgan fingerprint density at radius 3 is 2.72 bits per heavy atom. The molecule has 0 amide bonds. The van der Waals surface area contributed by atoms with E-state index in [0.717, 1.165) is 40.9 Å². The second-order valence-electron chi connectivity index (χ2n) is 7.02. The summed E-state index contributed by atoms with van der Waals surface area (Å²) in [6.45, 7) is 2.89. The van der Waals surface area contributed by atoms with E-state index in [1.807, 2.05) is 53.2 Å². The molecule has 6 nitrogen and oxygen atoms in total. The summed E-state index contributed by atoms with van der Waals surface area (Å²) in [7, 11) is 1.65. The van der Waals surface area contributed by atoms with Crippen LogP contribution in [0.1, 0.15) is 26.2 Å². The van der Waals surface area contributed by atoms with Gasteiger partial charge in [-0.15, -0.1) is 0 Å². The zero-order valence-corrected chi connectivity index (χ0v) is 16.7. The number of unbranched alkanes of at least 4 members (excludes halogenated alkanes) is 2. The number of aryl methyl sites for hydroxylation is 1. The Labute approximate surface area is 169 Å². The normalized spacial score (nSPS) is 11.1. The molecule has 0 aliphatic heterocycles. The largest absolute Gasteiger partial charge is 0.494 e.